The predicted molar refractivity (Wildman–Crippen MR) is 129 cm³/mol. The average Bonchev–Trinajstić information content (AvgIpc) is 3.47. The van der Waals surface area contributed by atoms with Gasteiger partial charge in [0.05, 0.1) is 12.1 Å². The molecule has 0 aromatic heterocycles. The smallest absolute Gasteiger partial charge is 0.251 e. The number of rotatable bonds is 4. The number of carbonyl (C=O) groups excluding carboxylic acids is 1. The van der Waals surface area contributed by atoms with E-state index in [4.69, 9.17) is 0 Å². The van der Waals surface area contributed by atoms with Gasteiger partial charge in [-0.1, -0.05) is 60.7 Å². The lowest BCUT2D eigenvalue weighted by atomic mass is 9.68. The van der Waals surface area contributed by atoms with E-state index in [2.05, 4.69) is 65.2 Å². The van der Waals surface area contributed by atoms with E-state index < -0.39 is 0 Å². The fourth-order valence-corrected chi connectivity index (χ4v) is 6.72. The summed E-state index contributed by atoms with van der Waals surface area (Å²) in [4.78, 5) is 13.1. The molecule has 6 atom stereocenters. The van der Waals surface area contributed by atoms with Crippen LogP contribution < -0.4 is 10.6 Å². The van der Waals surface area contributed by atoms with Crippen LogP contribution in [0.15, 0.2) is 78.9 Å². The van der Waals surface area contributed by atoms with Gasteiger partial charge in [-0.25, -0.2) is 0 Å². The molecule has 2 bridgehead atoms. The Morgan fingerprint density at radius 2 is 1.66 bits per heavy atom. The number of benzene rings is 3. The van der Waals surface area contributed by atoms with Gasteiger partial charge in [0.1, 0.15) is 0 Å². The van der Waals surface area contributed by atoms with Gasteiger partial charge in [0.25, 0.3) is 5.91 Å². The average molecular weight is 423 g/mol. The number of hydrogen-bond acceptors (Lipinski definition) is 2. The first-order chi connectivity index (χ1) is 15.7. The predicted octanol–water partition coefficient (Wildman–Crippen LogP) is 6.47. The highest BCUT2D eigenvalue weighted by molar-refractivity contribution is 5.95. The first kappa shape index (κ1) is 19.6. The zero-order chi connectivity index (χ0) is 21.7. The molecule has 0 radical (unpaired) electrons. The molecule has 1 aliphatic heterocycles. The Balaban J connectivity index is 1.31. The Labute approximate surface area is 190 Å². The maximum atomic E-state index is 13.1. The molecular formula is C29H30N2O. The van der Waals surface area contributed by atoms with E-state index in [0.29, 0.717) is 17.9 Å². The molecular weight excluding hydrogens is 392 g/mol. The highest BCUT2D eigenvalue weighted by Gasteiger charge is 2.53. The van der Waals surface area contributed by atoms with Crippen molar-refractivity contribution in [1.82, 2.24) is 5.32 Å². The Morgan fingerprint density at radius 1 is 0.938 bits per heavy atom. The van der Waals surface area contributed by atoms with Crippen molar-refractivity contribution in [2.24, 2.45) is 17.8 Å². The summed E-state index contributed by atoms with van der Waals surface area (Å²) in [6.45, 7) is 2.05. The summed E-state index contributed by atoms with van der Waals surface area (Å²) in [5.41, 5.74) is 5.85. The normalized spacial score (nSPS) is 28.3. The standard InChI is InChI=1S/C29H30N2O/c1-18(19-8-4-2-5-9-19)30-29(32)23-14-15-25-24(17-23)26-21-12-13-22(16-21)27(26)28(31-25)20-10-6-3-7-11-20/h2-11,14-15,17-18,21-22,26-28,31H,12-13,16H2,1H3,(H,30,32)/t18-,21+,22+,26+,27+,28+/m1/s1. The number of nitrogens with one attached hydrogen (secondary N) is 2. The largest absolute Gasteiger partial charge is 0.378 e. The molecule has 2 N–H and O–H groups in total. The fourth-order valence-electron chi connectivity index (χ4n) is 6.72. The van der Waals surface area contributed by atoms with Gasteiger partial charge in [-0.2, -0.15) is 0 Å². The molecule has 2 saturated carbocycles. The van der Waals surface area contributed by atoms with Gasteiger partial charge in [-0.05, 0) is 84.7 Å². The van der Waals surface area contributed by atoms with Crippen molar-refractivity contribution in [3.05, 3.63) is 101 Å². The van der Waals surface area contributed by atoms with Crippen LogP contribution in [0.4, 0.5) is 5.69 Å². The number of hydrogen-bond donors (Lipinski definition) is 2. The van der Waals surface area contributed by atoms with Crippen molar-refractivity contribution >= 4 is 11.6 Å². The SMILES string of the molecule is C[C@@H](NC(=O)c1ccc2c(c1)[C@@H]1[C@H]3CC[C@@H](C3)[C@@H]1[C@H](c1ccccc1)N2)c1ccccc1. The van der Waals surface area contributed by atoms with Crippen molar-refractivity contribution in [3.8, 4) is 0 Å². The van der Waals surface area contributed by atoms with Crippen LogP contribution in [-0.4, -0.2) is 5.91 Å². The second kappa shape index (κ2) is 7.81. The second-order valence-corrected chi connectivity index (χ2v) is 9.88. The Kier molecular flexibility index (Phi) is 4.78. The molecule has 0 saturated heterocycles. The van der Waals surface area contributed by atoms with Crippen molar-refractivity contribution in [2.45, 2.75) is 44.2 Å². The fraction of sp³-hybridized carbons (Fsp3) is 0.345. The molecule has 3 aliphatic rings. The van der Waals surface area contributed by atoms with Crippen LogP contribution in [0.25, 0.3) is 0 Å². The number of fused-ring (bicyclic) bond motifs is 7. The molecule has 1 amide bonds. The zero-order valence-corrected chi connectivity index (χ0v) is 18.5. The van der Waals surface area contributed by atoms with Gasteiger partial charge in [0, 0.05) is 11.3 Å². The van der Waals surface area contributed by atoms with Crippen LogP contribution in [-0.2, 0) is 0 Å². The summed E-state index contributed by atoms with van der Waals surface area (Å²) in [5.74, 6) is 2.71. The minimum Gasteiger partial charge on any atom is -0.378 e. The van der Waals surface area contributed by atoms with Gasteiger partial charge in [0.2, 0.25) is 0 Å². The van der Waals surface area contributed by atoms with E-state index in [1.807, 2.05) is 31.2 Å². The van der Waals surface area contributed by atoms with Crippen molar-refractivity contribution in [3.63, 3.8) is 0 Å². The quantitative estimate of drug-likeness (QED) is 0.506. The van der Waals surface area contributed by atoms with E-state index in [0.717, 1.165) is 23.0 Å². The third kappa shape index (κ3) is 3.23. The van der Waals surface area contributed by atoms with Gasteiger partial charge in [-0.3, -0.25) is 4.79 Å². The lowest BCUT2D eigenvalue weighted by molar-refractivity contribution is 0.0939. The summed E-state index contributed by atoms with van der Waals surface area (Å²) in [5, 5.41) is 7.06. The highest BCUT2D eigenvalue weighted by atomic mass is 16.1. The van der Waals surface area contributed by atoms with E-state index in [1.54, 1.807) is 0 Å². The van der Waals surface area contributed by atoms with Crippen LogP contribution in [0.3, 0.4) is 0 Å². The highest BCUT2D eigenvalue weighted by Crippen LogP contribution is 2.63. The molecule has 162 valence electrons. The van der Waals surface area contributed by atoms with E-state index in [9.17, 15) is 4.79 Å². The van der Waals surface area contributed by atoms with E-state index >= 15 is 0 Å². The molecule has 3 aromatic rings. The molecule has 1 heterocycles. The molecule has 6 rings (SSSR count). The summed E-state index contributed by atoms with van der Waals surface area (Å²) < 4.78 is 0. The molecule has 3 heteroatoms. The van der Waals surface area contributed by atoms with Gasteiger partial charge >= 0.3 is 0 Å². The minimum absolute atomic E-state index is 0.00837. The van der Waals surface area contributed by atoms with Crippen LogP contribution in [0, 0.1) is 17.8 Å². The summed E-state index contributed by atoms with van der Waals surface area (Å²) >= 11 is 0. The number of anilines is 1. The molecule has 3 nitrogen and oxygen atoms in total. The van der Waals surface area contributed by atoms with Crippen molar-refractivity contribution in [1.29, 1.82) is 0 Å². The van der Waals surface area contributed by atoms with Crippen molar-refractivity contribution < 1.29 is 4.79 Å². The van der Waals surface area contributed by atoms with Crippen LogP contribution in [0.1, 0.15) is 71.2 Å². The monoisotopic (exact) mass is 422 g/mol. The number of amides is 1. The molecule has 2 fully saturated rings. The van der Waals surface area contributed by atoms with Gasteiger partial charge in [0.15, 0.2) is 0 Å². The van der Waals surface area contributed by atoms with E-state index in [-0.39, 0.29) is 11.9 Å². The topological polar surface area (TPSA) is 41.1 Å². The van der Waals surface area contributed by atoms with Crippen LogP contribution in [0.5, 0.6) is 0 Å². The Bertz CT molecular complexity index is 1130. The second-order valence-electron chi connectivity index (χ2n) is 9.88. The summed E-state index contributed by atoms with van der Waals surface area (Å²) in [6, 6.07) is 27.7. The van der Waals surface area contributed by atoms with Gasteiger partial charge < -0.3 is 10.6 Å². The van der Waals surface area contributed by atoms with Gasteiger partial charge in [-0.15, -0.1) is 0 Å². The number of carbonyl (C=O) groups is 1. The zero-order valence-electron chi connectivity index (χ0n) is 18.5. The molecule has 0 unspecified atom stereocenters. The third-order valence-electron chi connectivity index (χ3n) is 8.16. The lowest BCUT2D eigenvalue weighted by Crippen LogP contribution is -2.36. The van der Waals surface area contributed by atoms with Crippen LogP contribution in [0.2, 0.25) is 0 Å². The third-order valence-corrected chi connectivity index (χ3v) is 8.16. The maximum absolute atomic E-state index is 13.1. The van der Waals surface area contributed by atoms with E-state index in [1.165, 1.54) is 36.1 Å². The Hall–Kier alpha value is -3.07. The van der Waals surface area contributed by atoms with Crippen molar-refractivity contribution in [2.75, 3.05) is 5.32 Å². The minimum atomic E-state index is -0.0180. The maximum Gasteiger partial charge on any atom is 0.251 e. The lowest BCUT2D eigenvalue weighted by Gasteiger charge is -2.43. The molecule has 3 aromatic carbocycles. The molecule has 2 aliphatic carbocycles. The summed E-state index contributed by atoms with van der Waals surface area (Å²) in [6.07, 6.45) is 4.01. The Morgan fingerprint density at radius 3 is 2.44 bits per heavy atom. The first-order valence-electron chi connectivity index (χ1n) is 12.0. The summed E-state index contributed by atoms with van der Waals surface area (Å²) in [7, 11) is 0. The molecule has 32 heavy (non-hydrogen) atoms. The first-order valence-corrected chi connectivity index (χ1v) is 12.0. The molecule has 0 spiro atoms. The van der Waals surface area contributed by atoms with Crippen LogP contribution >= 0.6 is 0 Å².